The normalized spacial score (nSPS) is 10.9. The molecule has 0 radical (unpaired) electrons. The number of pyridine rings is 1. The third kappa shape index (κ3) is 2.23. The van der Waals surface area contributed by atoms with Crippen molar-refractivity contribution in [2.45, 2.75) is 16.7 Å². The fourth-order valence-corrected chi connectivity index (χ4v) is 2.54. The van der Waals surface area contributed by atoms with Crippen molar-refractivity contribution >= 4 is 22.8 Å². The summed E-state index contributed by atoms with van der Waals surface area (Å²) in [7, 11) is 0. The van der Waals surface area contributed by atoms with Gasteiger partial charge in [0.05, 0.1) is 11.0 Å². The summed E-state index contributed by atoms with van der Waals surface area (Å²) < 4.78 is 0. The summed E-state index contributed by atoms with van der Waals surface area (Å²) in [5.41, 5.74) is 8.69. The maximum Gasteiger partial charge on any atom is 0.172 e. The van der Waals surface area contributed by atoms with Crippen LogP contribution in [0, 0.1) is 0 Å². The van der Waals surface area contributed by atoms with Crippen LogP contribution in [0.2, 0.25) is 0 Å². The maximum absolute atomic E-state index is 5.61. The van der Waals surface area contributed by atoms with Gasteiger partial charge < -0.3 is 10.7 Å². The molecule has 3 rings (SSSR count). The summed E-state index contributed by atoms with van der Waals surface area (Å²) in [5.74, 6) is 0. The van der Waals surface area contributed by atoms with Crippen molar-refractivity contribution in [3.05, 3.63) is 48.2 Å². The molecule has 0 amide bonds. The van der Waals surface area contributed by atoms with Gasteiger partial charge in [0.1, 0.15) is 5.03 Å². The summed E-state index contributed by atoms with van der Waals surface area (Å²) in [6, 6.07) is 11.9. The highest BCUT2D eigenvalue weighted by molar-refractivity contribution is 7.99. The Kier molecular flexibility index (Phi) is 3.00. The molecule has 5 heteroatoms. The molecule has 0 atom stereocenters. The molecule has 0 aliphatic carbocycles. The second kappa shape index (κ2) is 4.80. The molecule has 0 spiro atoms. The highest BCUT2D eigenvalue weighted by atomic mass is 32.2. The van der Waals surface area contributed by atoms with Crippen LogP contribution < -0.4 is 5.73 Å². The fraction of sp³-hybridized carbons (Fsp3) is 0.0769. The molecule has 0 aliphatic heterocycles. The van der Waals surface area contributed by atoms with Crippen molar-refractivity contribution in [2.75, 3.05) is 0 Å². The van der Waals surface area contributed by atoms with Crippen LogP contribution in [-0.2, 0) is 6.54 Å². The van der Waals surface area contributed by atoms with Crippen LogP contribution in [0.25, 0.3) is 11.0 Å². The van der Waals surface area contributed by atoms with Crippen molar-refractivity contribution in [1.82, 2.24) is 15.0 Å². The van der Waals surface area contributed by atoms with Gasteiger partial charge in [-0.25, -0.2) is 9.97 Å². The smallest absolute Gasteiger partial charge is 0.172 e. The minimum atomic E-state index is 0.524. The lowest BCUT2D eigenvalue weighted by molar-refractivity contribution is 1.01. The van der Waals surface area contributed by atoms with Gasteiger partial charge in [0.15, 0.2) is 5.16 Å². The van der Waals surface area contributed by atoms with E-state index in [2.05, 4.69) is 15.0 Å². The number of imidazole rings is 1. The molecule has 0 saturated carbocycles. The molecule has 18 heavy (non-hydrogen) atoms. The van der Waals surface area contributed by atoms with Gasteiger partial charge in [0.25, 0.3) is 0 Å². The highest BCUT2D eigenvalue weighted by Crippen LogP contribution is 2.25. The molecule has 0 bridgehead atoms. The number of hydrogen-bond acceptors (Lipinski definition) is 4. The minimum absolute atomic E-state index is 0.524. The van der Waals surface area contributed by atoms with Crippen molar-refractivity contribution in [3.63, 3.8) is 0 Å². The van der Waals surface area contributed by atoms with E-state index in [4.69, 9.17) is 5.73 Å². The molecule has 3 aromatic rings. The van der Waals surface area contributed by atoms with Crippen molar-refractivity contribution in [3.8, 4) is 0 Å². The van der Waals surface area contributed by atoms with Crippen molar-refractivity contribution in [2.24, 2.45) is 5.73 Å². The zero-order valence-corrected chi connectivity index (χ0v) is 10.4. The average molecular weight is 256 g/mol. The quantitative estimate of drug-likeness (QED) is 0.755. The molecule has 2 heterocycles. The molecule has 0 unspecified atom stereocenters. The highest BCUT2D eigenvalue weighted by Gasteiger charge is 2.05. The minimum Gasteiger partial charge on any atom is -0.333 e. The molecule has 0 fully saturated rings. The average Bonchev–Trinajstić information content (AvgIpc) is 2.81. The van der Waals surface area contributed by atoms with Gasteiger partial charge >= 0.3 is 0 Å². The predicted octanol–water partition coefficient (Wildman–Crippen LogP) is 2.57. The first kappa shape index (κ1) is 11.3. The number of fused-ring (bicyclic) bond motifs is 1. The first-order valence-electron chi connectivity index (χ1n) is 5.63. The van der Waals surface area contributed by atoms with E-state index in [-0.39, 0.29) is 0 Å². The van der Waals surface area contributed by atoms with Gasteiger partial charge in [0.2, 0.25) is 0 Å². The number of aromatic nitrogens is 3. The van der Waals surface area contributed by atoms with Gasteiger partial charge in [-0.15, -0.1) is 0 Å². The Morgan fingerprint density at radius 2 is 2.11 bits per heavy atom. The SMILES string of the molecule is NCc1ccnc(Sc2nc3ccccc3[nH]2)c1. The van der Waals surface area contributed by atoms with Crippen molar-refractivity contribution < 1.29 is 0 Å². The third-order valence-corrected chi connectivity index (χ3v) is 3.42. The number of aromatic amines is 1. The van der Waals surface area contributed by atoms with Crippen LogP contribution in [-0.4, -0.2) is 15.0 Å². The van der Waals surface area contributed by atoms with E-state index in [1.54, 1.807) is 6.20 Å². The van der Waals surface area contributed by atoms with E-state index in [1.165, 1.54) is 11.8 Å². The Labute approximate surface area is 109 Å². The number of H-pyrrole nitrogens is 1. The predicted molar refractivity (Wildman–Crippen MR) is 72.3 cm³/mol. The fourth-order valence-electron chi connectivity index (χ4n) is 1.71. The molecule has 0 saturated heterocycles. The summed E-state index contributed by atoms with van der Waals surface area (Å²) in [6.45, 7) is 0.524. The molecule has 0 aliphatic rings. The number of nitrogens with two attached hydrogens (primary N) is 1. The van der Waals surface area contributed by atoms with Crippen LogP contribution in [0.5, 0.6) is 0 Å². The molecule has 90 valence electrons. The molecular formula is C13H12N4S. The van der Waals surface area contributed by atoms with E-state index >= 15 is 0 Å². The Balaban J connectivity index is 1.91. The van der Waals surface area contributed by atoms with Gasteiger partial charge in [-0.1, -0.05) is 12.1 Å². The molecule has 2 aromatic heterocycles. The second-order valence-corrected chi connectivity index (χ2v) is 4.88. The van der Waals surface area contributed by atoms with E-state index in [0.29, 0.717) is 6.54 Å². The zero-order valence-electron chi connectivity index (χ0n) is 9.63. The monoisotopic (exact) mass is 256 g/mol. The molecular weight excluding hydrogens is 244 g/mol. The lowest BCUT2D eigenvalue weighted by Crippen LogP contribution is -1.96. The Hall–Kier alpha value is -1.85. The first-order valence-corrected chi connectivity index (χ1v) is 6.44. The summed E-state index contributed by atoms with van der Waals surface area (Å²) in [4.78, 5) is 12.1. The number of hydrogen-bond donors (Lipinski definition) is 2. The van der Waals surface area contributed by atoms with Gasteiger partial charge in [-0.3, -0.25) is 0 Å². The van der Waals surface area contributed by atoms with Crippen LogP contribution in [0.15, 0.2) is 52.8 Å². The Morgan fingerprint density at radius 1 is 1.22 bits per heavy atom. The Morgan fingerprint density at radius 3 is 2.94 bits per heavy atom. The van der Waals surface area contributed by atoms with Crippen LogP contribution in [0.1, 0.15) is 5.56 Å². The van der Waals surface area contributed by atoms with Crippen LogP contribution in [0.4, 0.5) is 0 Å². The van der Waals surface area contributed by atoms with Crippen LogP contribution in [0.3, 0.4) is 0 Å². The number of rotatable bonds is 3. The van der Waals surface area contributed by atoms with Gasteiger partial charge in [-0.05, 0) is 41.6 Å². The third-order valence-electron chi connectivity index (χ3n) is 2.60. The van der Waals surface area contributed by atoms with Gasteiger partial charge in [-0.2, -0.15) is 0 Å². The number of nitrogens with one attached hydrogen (secondary N) is 1. The lowest BCUT2D eigenvalue weighted by Gasteiger charge is -1.99. The zero-order chi connectivity index (χ0) is 12.4. The number of benzene rings is 1. The van der Waals surface area contributed by atoms with Crippen LogP contribution >= 0.6 is 11.8 Å². The van der Waals surface area contributed by atoms with E-state index < -0.39 is 0 Å². The molecule has 1 aromatic carbocycles. The second-order valence-electron chi connectivity index (χ2n) is 3.87. The summed E-state index contributed by atoms with van der Waals surface area (Å²) in [6.07, 6.45) is 1.77. The lowest BCUT2D eigenvalue weighted by atomic mass is 10.3. The number of nitrogens with zero attached hydrogens (tertiary/aromatic N) is 2. The summed E-state index contributed by atoms with van der Waals surface area (Å²) in [5, 5.41) is 1.75. The molecule has 3 N–H and O–H groups in total. The van der Waals surface area contributed by atoms with Crippen molar-refractivity contribution in [1.29, 1.82) is 0 Å². The topological polar surface area (TPSA) is 67.6 Å². The standard InChI is InChI=1S/C13H12N4S/c14-8-9-5-6-15-12(7-9)18-13-16-10-3-1-2-4-11(10)17-13/h1-7H,8,14H2,(H,16,17). The molecule has 4 nitrogen and oxygen atoms in total. The Bertz CT molecular complexity index is 644. The largest absolute Gasteiger partial charge is 0.333 e. The number of para-hydroxylation sites is 2. The summed E-state index contributed by atoms with van der Waals surface area (Å²) >= 11 is 1.51. The van der Waals surface area contributed by atoms with Gasteiger partial charge in [0, 0.05) is 12.7 Å². The maximum atomic E-state index is 5.61. The van der Waals surface area contributed by atoms with E-state index in [1.807, 2.05) is 36.4 Å². The van der Waals surface area contributed by atoms with E-state index in [0.717, 1.165) is 26.8 Å². The van der Waals surface area contributed by atoms with E-state index in [9.17, 15) is 0 Å². The first-order chi connectivity index (χ1) is 8.85.